The van der Waals surface area contributed by atoms with E-state index in [2.05, 4.69) is 0 Å². The van der Waals surface area contributed by atoms with Gasteiger partial charge in [-0.3, -0.25) is 19.7 Å². The highest BCUT2D eigenvalue weighted by Crippen LogP contribution is 2.29. The summed E-state index contributed by atoms with van der Waals surface area (Å²) in [4.78, 5) is 48.3. The van der Waals surface area contributed by atoms with Crippen LogP contribution in [-0.4, -0.2) is 41.4 Å². The molecule has 1 fully saturated rings. The van der Waals surface area contributed by atoms with Crippen molar-refractivity contribution in [3.63, 3.8) is 0 Å². The lowest BCUT2D eigenvalue weighted by molar-refractivity contribution is -0.158. The number of rotatable bonds is 5. The maximum absolute atomic E-state index is 12.2. The topological polar surface area (TPSA) is 119 Å². The van der Waals surface area contributed by atoms with Crippen LogP contribution in [-0.2, 0) is 19.1 Å². The van der Waals surface area contributed by atoms with Crippen molar-refractivity contribution >= 4 is 23.8 Å². The highest BCUT2D eigenvalue weighted by Gasteiger charge is 2.38. The van der Waals surface area contributed by atoms with E-state index in [0.29, 0.717) is 0 Å². The monoisotopic (exact) mass is 347 g/mol. The van der Waals surface area contributed by atoms with Crippen molar-refractivity contribution in [3.8, 4) is 0 Å². The lowest BCUT2D eigenvalue weighted by Gasteiger charge is -2.25. The van der Waals surface area contributed by atoms with Crippen molar-refractivity contribution < 1.29 is 23.9 Å². The zero-order valence-corrected chi connectivity index (χ0v) is 14.1. The summed E-state index contributed by atoms with van der Waals surface area (Å²) in [6.07, 6.45) is -1.14. The van der Waals surface area contributed by atoms with E-state index < -0.39 is 29.9 Å². The average molecular weight is 347 g/mol. The van der Waals surface area contributed by atoms with E-state index in [1.807, 2.05) is 42.6 Å². The number of nitrogens with one attached hydrogen (secondary N) is 1. The first-order chi connectivity index (χ1) is 11.8. The minimum absolute atomic E-state index is 0.0279. The fraction of sp³-hybridized carbons (Fsp3) is 0.412. The second-order valence-electron chi connectivity index (χ2n) is 5.97. The predicted molar refractivity (Wildman–Crippen MR) is 88.0 cm³/mol. The Balaban J connectivity index is 1.96. The van der Waals surface area contributed by atoms with Crippen LogP contribution in [0.25, 0.3) is 0 Å². The molecular weight excluding hydrogens is 326 g/mol. The molecule has 4 amide bonds. The highest BCUT2D eigenvalue weighted by atomic mass is 16.5. The average Bonchev–Trinajstić information content (AvgIpc) is 2.96. The quantitative estimate of drug-likeness (QED) is 0.761. The number of imide groups is 1. The van der Waals surface area contributed by atoms with Gasteiger partial charge in [-0.15, -0.1) is 0 Å². The van der Waals surface area contributed by atoms with Gasteiger partial charge in [0, 0.05) is 13.0 Å². The number of esters is 1. The number of carbonyl (C=O) groups is 4. The number of urea groups is 1. The molecule has 25 heavy (non-hydrogen) atoms. The maximum Gasteiger partial charge on any atom is 0.318 e. The molecule has 1 aliphatic heterocycles. The van der Waals surface area contributed by atoms with Gasteiger partial charge >= 0.3 is 12.0 Å². The summed E-state index contributed by atoms with van der Waals surface area (Å²) in [5.41, 5.74) is 5.82. The molecule has 0 spiro atoms. The van der Waals surface area contributed by atoms with E-state index in [9.17, 15) is 19.2 Å². The summed E-state index contributed by atoms with van der Waals surface area (Å²) in [6, 6.07) is 8.31. The molecule has 2 rings (SSSR count). The van der Waals surface area contributed by atoms with Gasteiger partial charge in [-0.2, -0.15) is 0 Å². The van der Waals surface area contributed by atoms with E-state index >= 15 is 0 Å². The van der Waals surface area contributed by atoms with Gasteiger partial charge in [-0.25, -0.2) is 4.79 Å². The second kappa shape index (κ2) is 7.78. The van der Waals surface area contributed by atoms with Crippen LogP contribution >= 0.6 is 0 Å². The highest BCUT2D eigenvalue weighted by molar-refractivity contribution is 5.96. The summed E-state index contributed by atoms with van der Waals surface area (Å²) < 4.78 is 5.04. The minimum Gasteiger partial charge on any atom is -0.452 e. The number of primary amides is 1. The van der Waals surface area contributed by atoms with E-state index in [1.54, 1.807) is 4.90 Å². The molecule has 0 unspecified atom stereocenters. The first-order valence-electron chi connectivity index (χ1n) is 7.94. The van der Waals surface area contributed by atoms with E-state index in [1.165, 1.54) is 6.92 Å². The lowest BCUT2D eigenvalue weighted by atomic mass is 10.1. The molecule has 0 aromatic heterocycles. The molecule has 3 atom stereocenters. The summed E-state index contributed by atoms with van der Waals surface area (Å²) in [6.45, 7) is 3.44. The van der Waals surface area contributed by atoms with Crippen molar-refractivity contribution in [1.82, 2.24) is 10.2 Å². The Bertz CT molecular complexity index is 676. The van der Waals surface area contributed by atoms with Crippen molar-refractivity contribution in [3.05, 3.63) is 35.9 Å². The van der Waals surface area contributed by atoms with Crippen LogP contribution in [0.3, 0.4) is 0 Å². The standard InChI is InChI=1S/C17H21N3O5/c1-10(12-6-4-3-5-7-12)20-9-13(8-14(20)21)16(23)25-11(2)15(22)19-17(18)24/h3-7,10-11,13H,8-9H2,1-2H3,(H3,18,19,22,24)/t10-,11+,13-/m1/s1. The van der Waals surface area contributed by atoms with Gasteiger partial charge in [-0.05, 0) is 19.4 Å². The van der Waals surface area contributed by atoms with Crippen LogP contribution < -0.4 is 11.1 Å². The molecule has 0 aliphatic carbocycles. The molecular formula is C17H21N3O5. The van der Waals surface area contributed by atoms with Gasteiger partial charge in [-0.1, -0.05) is 30.3 Å². The number of nitrogens with two attached hydrogens (primary N) is 1. The van der Waals surface area contributed by atoms with Gasteiger partial charge in [0.15, 0.2) is 6.10 Å². The van der Waals surface area contributed by atoms with Gasteiger partial charge in [0.25, 0.3) is 5.91 Å². The molecule has 3 N–H and O–H groups in total. The first kappa shape index (κ1) is 18.4. The predicted octanol–water partition coefficient (Wildman–Crippen LogP) is 0.723. The van der Waals surface area contributed by atoms with E-state index in [-0.39, 0.29) is 24.9 Å². The van der Waals surface area contributed by atoms with E-state index in [0.717, 1.165) is 5.56 Å². The number of benzene rings is 1. The van der Waals surface area contributed by atoms with Crippen molar-refractivity contribution in [2.45, 2.75) is 32.4 Å². The summed E-state index contributed by atoms with van der Waals surface area (Å²) in [5.74, 6) is -2.25. The van der Waals surface area contributed by atoms with E-state index in [4.69, 9.17) is 10.5 Å². The van der Waals surface area contributed by atoms with Crippen molar-refractivity contribution in [2.75, 3.05) is 6.54 Å². The van der Waals surface area contributed by atoms with Crippen molar-refractivity contribution in [2.24, 2.45) is 11.7 Å². The molecule has 134 valence electrons. The summed E-state index contributed by atoms with van der Waals surface area (Å²) >= 11 is 0. The fourth-order valence-corrected chi connectivity index (χ4v) is 2.72. The molecule has 1 aromatic carbocycles. The number of carbonyl (C=O) groups excluding carboxylic acids is 4. The Kier molecular flexibility index (Phi) is 5.74. The Morgan fingerprint density at radius 3 is 2.48 bits per heavy atom. The molecule has 1 aromatic rings. The second-order valence-corrected chi connectivity index (χ2v) is 5.97. The Morgan fingerprint density at radius 2 is 1.88 bits per heavy atom. The third-order valence-electron chi connectivity index (χ3n) is 4.15. The van der Waals surface area contributed by atoms with Crippen molar-refractivity contribution in [1.29, 1.82) is 0 Å². The van der Waals surface area contributed by atoms with Gasteiger partial charge in [0.1, 0.15) is 0 Å². The van der Waals surface area contributed by atoms with Crippen LogP contribution in [0, 0.1) is 5.92 Å². The molecule has 1 heterocycles. The molecule has 0 bridgehead atoms. The van der Waals surface area contributed by atoms with Crippen LogP contribution in [0.5, 0.6) is 0 Å². The SMILES string of the molecule is C[C@H](OC(=O)[C@@H]1CC(=O)N([C@H](C)c2ccccc2)C1)C(=O)NC(N)=O. The fourth-order valence-electron chi connectivity index (χ4n) is 2.72. The zero-order valence-electron chi connectivity index (χ0n) is 14.1. The number of nitrogens with zero attached hydrogens (tertiary/aromatic N) is 1. The third kappa shape index (κ3) is 4.56. The number of likely N-dealkylation sites (tertiary alicyclic amines) is 1. The van der Waals surface area contributed by atoms with Crippen LogP contribution in [0.1, 0.15) is 31.9 Å². The number of amides is 4. The largest absolute Gasteiger partial charge is 0.452 e. The number of hydrogen-bond acceptors (Lipinski definition) is 5. The molecule has 0 radical (unpaired) electrons. The summed E-state index contributed by atoms with van der Waals surface area (Å²) in [7, 11) is 0. The molecule has 8 heteroatoms. The third-order valence-corrected chi connectivity index (χ3v) is 4.15. The maximum atomic E-state index is 12.2. The van der Waals surface area contributed by atoms with Gasteiger partial charge in [0.2, 0.25) is 5.91 Å². The first-order valence-corrected chi connectivity index (χ1v) is 7.94. The normalized spacial score (nSPS) is 19.2. The van der Waals surface area contributed by atoms with Crippen LogP contribution in [0.2, 0.25) is 0 Å². The Labute approximate surface area is 145 Å². The molecule has 1 aliphatic rings. The Hall–Kier alpha value is -2.90. The van der Waals surface area contributed by atoms with Crippen LogP contribution in [0.4, 0.5) is 4.79 Å². The van der Waals surface area contributed by atoms with Crippen LogP contribution in [0.15, 0.2) is 30.3 Å². The number of hydrogen-bond donors (Lipinski definition) is 2. The molecule has 1 saturated heterocycles. The minimum atomic E-state index is -1.17. The van der Waals surface area contributed by atoms with Gasteiger partial charge in [0.05, 0.1) is 12.0 Å². The lowest BCUT2D eigenvalue weighted by Crippen LogP contribution is -2.42. The molecule has 8 nitrogen and oxygen atoms in total. The molecule has 0 saturated carbocycles. The Morgan fingerprint density at radius 1 is 1.24 bits per heavy atom. The number of ether oxygens (including phenoxy) is 1. The van der Waals surface area contributed by atoms with Gasteiger partial charge < -0.3 is 15.4 Å². The zero-order chi connectivity index (χ0) is 18.6. The smallest absolute Gasteiger partial charge is 0.318 e. The summed E-state index contributed by atoms with van der Waals surface area (Å²) in [5, 5.41) is 1.84.